The lowest BCUT2D eigenvalue weighted by Gasteiger charge is -2.40. The average molecular weight is 275 g/mol. The maximum absolute atomic E-state index is 12.3. The molecule has 6 heteroatoms. The van der Waals surface area contributed by atoms with E-state index < -0.39 is 0 Å². The number of nitrogens with zero attached hydrogens (tertiary/aromatic N) is 4. The van der Waals surface area contributed by atoms with Gasteiger partial charge in [-0.2, -0.15) is 5.10 Å². The average Bonchev–Trinajstić information content (AvgIpc) is 2.46. The lowest BCUT2D eigenvalue weighted by molar-refractivity contribution is -0.138. The van der Waals surface area contributed by atoms with E-state index in [1.165, 1.54) is 0 Å². The molecular weight excluding hydrogens is 254 g/mol. The topological polar surface area (TPSA) is 61.4 Å². The summed E-state index contributed by atoms with van der Waals surface area (Å²) < 4.78 is 0. The van der Waals surface area contributed by atoms with E-state index in [2.05, 4.69) is 20.4 Å². The van der Waals surface area contributed by atoms with Crippen molar-refractivity contribution in [1.82, 2.24) is 20.4 Å². The van der Waals surface area contributed by atoms with Gasteiger partial charge >= 0.3 is 0 Å². The van der Waals surface area contributed by atoms with Crippen molar-refractivity contribution in [3.63, 3.8) is 0 Å². The second-order valence-corrected chi connectivity index (χ2v) is 5.63. The first kappa shape index (κ1) is 13.3. The second-order valence-electron chi connectivity index (χ2n) is 5.63. The number of anilines is 1. The summed E-state index contributed by atoms with van der Waals surface area (Å²) >= 11 is 0. The highest BCUT2D eigenvalue weighted by molar-refractivity contribution is 5.80. The molecule has 2 aliphatic heterocycles. The molecule has 1 aromatic rings. The lowest BCUT2D eigenvalue weighted by Crippen LogP contribution is -2.56. The quantitative estimate of drug-likeness (QED) is 0.849. The highest BCUT2D eigenvalue weighted by atomic mass is 16.2. The van der Waals surface area contributed by atoms with Gasteiger partial charge in [0.1, 0.15) is 0 Å². The molecule has 1 N–H and O–H groups in total. The highest BCUT2D eigenvalue weighted by Gasteiger charge is 2.33. The van der Waals surface area contributed by atoms with Gasteiger partial charge in [0, 0.05) is 45.5 Å². The summed E-state index contributed by atoms with van der Waals surface area (Å²) in [4.78, 5) is 16.5. The Hall–Kier alpha value is -1.69. The van der Waals surface area contributed by atoms with Gasteiger partial charge < -0.3 is 15.1 Å². The Labute approximate surface area is 119 Å². The molecule has 0 spiro atoms. The standard InChI is InChI=1S/C14H21N5O/c1-18(14(20)11-8-15-9-11)12-4-3-7-19(10-12)13-5-2-6-16-17-13/h2,5-6,11-12,15H,3-4,7-10H2,1H3. The lowest BCUT2D eigenvalue weighted by atomic mass is 9.98. The summed E-state index contributed by atoms with van der Waals surface area (Å²) in [6, 6.07) is 4.16. The highest BCUT2D eigenvalue weighted by Crippen LogP contribution is 2.21. The van der Waals surface area contributed by atoms with E-state index >= 15 is 0 Å². The minimum Gasteiger partial charge on any atom is -0.353 e. The molecule has 108 valence electrons. The second kappa shape index (κ2) is 5.75. The van der Waals surface area contributed by atoms with Gasteiger partial charge in [-0.1, -0.05) is 0 Å². The first-order valence-corrected chi connectivity index (χ1v) is 7.26. The molecule has 1 amide bonds. The van der Waals surface area contributed by atoms with E-state index in [1.807, 2.05) is 24.1 Å². The smallest absolute Gasteiger partial charge is 0.228 e. The molecule has 0 aliphatic carbocycles. The van der Waals surface area contributed by atoms with Crippen molar-refractivity contribution in [3.8, 4) is 0 Å². The normalized spacial score (nSPS) is 23.2. The van der Waals surface area contributed by atoms with Crippen molar-refractivity contribution >= 4 is 11.7 Å². The molecule has 2 fully saturated rings. The third kappa shape index (κ3) is 2.60. The van der Waals surface area contributed by atoms with Crippen molar-refractivity contribution in [1.29, 1.82) is 0 Å². The molecular formula is C14H21N5O. The fraction of sp³-hybridized carbons (Fsp3) is 0.643. The number of hydrogen-bond acceptors (Lipinski definition) is 5. The van der Waals surface area contributed by atoms with E-state index in [1.54, 1.807) is 6.20 Å². The molecule has 1 unspecified atom stereocenters. The van der Waals surface area contributed by atoms with Crippen LogP contribution in [0.4, 0.5) is 5.82 Å². The maximum Gasteiger partial charge on any atom is 0.228 e. The van der Waals surface area contributed by atoms with E-state index in [4.69, 9.17) is 0 Å². The van der Waals surface area contributed by atoms with Gasteiger partial charge in [0.25, 0.3) is 0 Å². The van der Waals surface area contributed by atoms with Crippen LogP contribution in [0.5, 0.6) is 0 Å². The van der Waals surface area contributed by atoms with Crippen LogP contribution >= 0.6 is 0 Å². The Kier molecular flexibility index (Phi) is 3.82. The number of hydrogen-bond donors (Lipinski definition) is 1. The van der Waals surface area contributed by atoms with Crippen LogP contribution in [0.2, 0.25) is 0 Å². The van der Waals surface area contributed by atoms with Crippen molar-refractivity contribution in [3.05, 3.63) is 18.3 Å². The summed E-state index contributed by atoms with van der Waals surface area (Å²) in [5, 5.41) is 11.3. The minimum atomic E-state index is 0.173. The van der Waals surface area contributed by atoms with Gasteiger partial charge in [-0.15, -0.1) is 5.10 Å². The summed E-state index contributed by atoms with van der Waals surface area (Å²) in [5.74, 6) is 1.35. The zero-order valence-electron chi connectivity index (χ0n) is 11.8. The van der Waals surface area contributed by atoms with Crippen molar-refractivity contribution in [2.45, 2.75) is 18.9 Å². The molecule has 6 nitrogen and oxygen atoms in total. The van der Waals surface area contributed by atoms with Crippen LogP contribution in [0.15, 0.2) is 18.3 Å². The SMILES string of the molecule is CN(C(=O)C1CNC1)C1CCCN(c2cccnn2)C1. The number of likely N-dealkylation sites (N-methyl/N-ethyl adjacent to an activating group) is 1. The number of rotatable bonds is 3. The molecule has 3 rings (SSSR count). The molecule has 0 saturated carbocycles. The number of nitrogens with one attached hydrogen (secondary N) is 1. The predicted octanol–water partition coefficient (Wildman–Crippen LogP) is 0.123. The monoisotopic (exact) mass is 275 g/mol. The molecule has 0 radical (unpaired) electrons. The molecule has 0 bridgehead atoms. The fourth-order valence-corrected chi connectivity index (χ4v) is 2.87. The summed E-state index contributed by atoms with van der Waals surface area (Å²) in [7, 11) is 1.94. The number of amides is 1. The van der Waals surface area contributed by atoms with Gasteiger partial charge in [-0.25, -0.2) is 0 Å². The van der Waals surface area contributed by atoms with Crippen LogP contribution < -0.4 is 10.2 Å². The molecule has 1 aromatic heterocycles. The van der Waals surface area contributed by atoms with E-state index in [0.29, 0.717) is 0 Å². The molecule has 0 aromatic carbocycles. The zero-order chi connectivity index (χ0) is 13.9. The number of carbonyl (C=O) groups is 1. The van der Waals surface area contributed by atoms with Gasteiger partial charge in [-0.05, 0) is 25.0 Å². The molecule has 20 heavy (non-hydrogen) atoms. The van der Waals surface area contributed by atoms with Crippen LogP contribution in [0, 0.1) is 5.92 Å². The summed E-state index contributed by atoms with van der Waals surface area (Å²) in [6.07, 6.45) is 3.84. The minimum absolute atomic E-state index is 0.173. The Bertz CT molecular complexity index is 462. The van der Waals surface area contributed by atoms with E-state index in [0.717, 1.165) is 44.8 Å². The Morgan fingerprint density at radius 2 is 2.35 bits per heavy atom. The van der Waals surface area contributed by atoms with Gasteiger partial charge in [0.2, 0.25) is 5.91 Å². The molecule has 2 saturated heterocycles. The third-order valence-electron chi connectivity index (χ3n) is 4.30. The van der Waals surface area contributed by atoms with Crippen LogP contribution in [0.3, 0.4) is 0 Å². The first-order chi connectivity index (χ1) is 9.75. The predicted molar refractivity (Wildman–Crippen MR) is 76.4 cm³/mol. The van der Waals surface area contributed by atoms with E-state index in [9.17, 15) is 4.79 Å². The molecule has 3 heterocycles. The van der Waals surface area contributed by atoms with Crippen molar-refractivity contribution < 1.29 is 4.79 Å². The maximum atomic E-state index is 12.3. The summed E-state index contributed by atoms with van der Waals surface area (Å²) in [5.41, 5.74) is 0. The summed E-state index contributed by atoms with van der Waals surface area (Å²) in [6.45, 7) is 3.48. The van der Waals surface area contributed by atoms with Crippen LogP contribution in [-0.4, -0.2) is 60.3 Å². The Balaban J connectivity index is 1.64. The van der Waals surface area contributed by atoms with Gasteiger partial charge in [0.05, 0.1) is 5.92 Å². The van der Waals surface area contributed by atoms with Gasteiger partial charge in [-0.3, -0.25) is 4.79 Å². The Morgan fingerprint density at radius 3 is 3.00 bits per heavy atom. The van der Waals surface area contributed by atoms with Crippen molar-refractivity contribution in [2.75, 3.05) is 38.1 Å². The van der Waals surface area contributed by atoms with Crippen LogP contribution in [-0.2, 0) is 4.79 Å². The van der Waals surface area contributed by atoms with E-state index in [-0.39, 0.29) is 17.9 Å². The number of carbonyl (C=O) groups excluding carboxylic acids is 1. The van der Waals surface area contributed by atoms with Gasteiger partial charge in [0.15, 0.2) is 5.82 Å². The first-order valence-electron chi connectivity index (χ1n) is 7.26. The number of aromatic nitrogens is 2. The zero-order valence-corrected chi connectivity index (χ0v) is 11.8. The Morgan fingerprint density at radius 1 is 1.50 bits per heavy atom. The fourth-order valence-electron chi connectivity index (χ4n) is 2.87. The van der Waals surface area contributed by atoms with Crippen LogP contribution in [0.1, 0.15) is 12.8 Å². The molecule has 1 atom stereocenters. The third-order valence-corrected chi connectivity index (χ3v) is 4.30. The largest absolute Gasteiger partial charge is 0.353 e. The molecule has 2 aliphatic rings. The van der Waals surface area contributed by atoms with Crippen LogP contribution in [0.25, 0.3) is 0 Å². The van der Waals surface area contributed by atoms with Crippen molar-refractivity contribution in [2.24, 2.45) is 5.92 Å². The number of piperidine rings is 1.